The molecule has 0 saturated carbocycles. The molecule has 33 heavy (non-hydrogen) atoms. The number of hydrogen-bond donors (Lipinski definition) is 1. The molecule has 172 valence electrons. The molecular formula is C25H26N2O5S. The molecule has 0 atom stereocenters. The molecule has 8 heteroatoms. The Morgan fingerprint density at radius 2 is 1.58 bits per heavy atom. The molecule has 0 aliphatic carbocycles. The summed E-state index contributed by atoms with van der Waals surface area (Å²) in [5.74, 6) is -1.23. The minimum Gasteiger partial charge on any atom is -0.452 e. The van der Waals surface area contributed by atoms with E-state index in [2.05, 4.69) is 5.32 Å². The Morgan fingerprint density at radius 1 is 0.879 bits per heavy atom. The van der Waals surface area contributed by atoms with Gasteiger partial charge in [0.1, 0.15) is 0 Å². The van der Waals surface area contributed by atoms with E-state index < -0.39 is 28.5 Å². The fraction of sp³-hybridized carbons (Fsp3) is 0.280. The van der Waals surface area contributed by atoms with Gasteiger partial charge in [-0.25, -0.2) is 13.2 Å². The lowest BCUT2D eigenvalue weighted by molar-refractivity contribution is -0.119. The molecule has 0 aromatic heterocycles. The van der Waals surface area contributed by atoms with Gasteiger partial charge in [-0.1, -0.05) is 55.3 Å². The predicted molar refractivity (Wildman–Crippen MR) is 127 cm³/mol. The average molecular weight is 467 g/mol. The second-order valence-electron chi connectivity index (χ2n) is 8.00. The zero-order valence-corrected chi connectivity index (χ0v) is 19.0. The molecule has 1 saturated heterocycles. The van der Waals surface area contributed by atoms with Crippen LogP contribution in [0.1, 0.15) is 36.0 Å². The van der Waals surface area contributed by atoms with Crippen molar-refractivity contribution in [3.05, 3.63) is 72.3 Å². The highest BCUT2D eigenvalue weighted by Crippen LogP contribution is 2.23. The first kappa shape index (κ1) is 22.9. The quantitative estimate of drug-likeness (QED) is 0.550. The Kier molecular flexibility index (Phi) is 7.05. The third-order valence-electron chi connectivity index (χ3n) is 5.67. The van der Waals surface area contributed by atoms with E-state index in [1.165, 1.54) is 28.6 Å². The van der Waals surface area contributed by atoms with Gasteiger partial charge in [-0.3, -0.25) is 4.79 Å². The lowest BCUT2D eigenvalue weighted by atomic mass is 10.1. The number of nitrogens with one attached hydrogen (secondary N) is 1. The number of sulfonamides is 1. The number of benzene rings is 3. The Balaban J connectivity index is 1.41. The fourth-order valence-corrected chi connectivity index (χ4v) is 5.51. The molecule has 1 amide bonds. The normalized spacial score (nSPS) is 15.0. The number of fused-ring (bicyclic) bond motifs is 1. The van der Waals surface area contributed by atoms with Gasteiger partial charge in [0.2, 0.25) is 10.0 Å². The molecule has 0 radical (unpaired) electrons. The number of nitrogens with zero attached hydrogens (tertiary/aromatic N) is 1. The zero-order chi connectivity index (χ0) is 23.3. The van der Waals surface area contributed by atoms with Crippen LogP contribution in [0.4, 0.5) is 5.69 Å². The van der Waals surface area contributed by atoms with E-state index in [0.29, 0.717) is 18.8 Å². The van der Waals surface area contributed by atoms with Gasteiger partial charge in [0, 0.05) is 24.2 Å². The molecule has 4 rings (SSSR count). The molecule has 3 aromatic carbocycles. The highest BCUT2D eigenvalue weighted by Gasteiger charge is 2.26. The zero-order valence-electron chi connectivity index (χ0n) is 18.2. The lowest BCUT2D eigenvalue weighted by Gasteiger charge is -2.20. The van der Waals surface area contributed by atoms with Crippen LogP contribution in [-0.2, 0) is 19.6 Å². The molecule has 1 N–H and O–H groups in total. The van der Waals surface area contributed by atoms with Crippen molar-refractivity contribution in [1.82, 2.24) is 4.31 Å². The summed E-state index contributed by atoms with van der Waals surface area (Å²) in [5.41, 5.74) is 0.712. The Hall–Kier alpha value is -3.23. The van der Waals surface area contributed by atoms with Crippen LogP contribution in [0.3, 0.4) is 0 Å². The maximum Gasteiger partial charge on any atom is 0.338 e. The van der Waals surface area contributed by atoms with Crippen molar-refractivity contribution >= 4 is 38.4 Å². The van der Waals surface area contributed by atoms with Crippen LogP contribution in [0.15, 0.2) is 71.6 Å². The van der Waals surface area contributed by atoms with Gasteiger partial charge >= 0.3 is 5.97 Å². The van der Waals surface area contributed by atoms with Crippen molar-refractivity contribution in [3.63, 3.8) is 0 Å². The van der Waals surface area contributed by atoms with Crippen molar-refractivity contribution in [1.29, 1.82) is 0 Å². The van der Waals surface area contributed by atoms with Crippen molar-refractivity contribution in [2.45, 2.75) is 30.6 Å². The van der Waals surface area contributed by atoms with Crippen LogP contribution in [0.5, 0.6) is 0 Å². The highest BCUT2D eigenvalue weighted by atomic mass is 32.2. The monoisotopic (exact) mass is 466 g/mol. The number of hydrogen-bond acceptors (Lipinski definition) is 5. The van der Waals surface area contributed by atoms with Crippen molar-refractivity contribution < 1.29 is 22.7 Å². The first-order valence-corrected chi connectivity index (χ1v) is 12.4. The summed E-state index contributed by atoms with van der Waals surface area (Å²) in [6, 6.07) is 19.0. The van der Waals surface area contributed by atoms with Crippen LogP contribution >= 0.6 is 0 Å². The van der Waals surface area contributed by atoms with Gasteiger partial charge in [0.25, 0.3) is 5.91 Å². The van der Waals surface area contributed by atoms with Gasteiger partial charge in [-0.15, -0.1) is 0 Å². The van der Waals surface area contributed by atoms with Crippen LogP contribution < -0.4 is 5.32 Å². The summed E-state index contributed by atoms with van der Waals surface area (Å²) >= 11 is 0. The molecule has 1 fully saturated rings. The molecule has 1 aliphatic rings. The summed E-state index contributed by atoms with van der Waals surface area (Å²) in [4.78, 5) is 24.9. The number of amides is 1. The average Bonchev–Trinajstić information content (AvgIpc) is 3.13. The fourth-order valence-electron chi connectivity index (χ4n) is 3.95. The van der Waals surface area contributed by atoms with Gasteiger partial charge < -0.3 is 10.1 Å². The first-order chi connectivity index (χ1) is 15.9. The van der Waals surface area contributed by atoms with Crippen molar-refractivity contribution in [3.8, 4) is 0 Å². The topological polar surface area (TPSA) is 92.8 Å². The van der Waals surface area contributed by atoms with Gasteiger partial charge in [-0.2, -0.15) is 4.31 Å². The van der Waals surface area contributed by atoms with Crippen molar-refractivity contribution in [2.24, 2.45) is 0 Å². The maximum absolute atomic E-state index is 13.0. The molecule has 0 spiro atoms. The third kappa shape index (κ3) is 5.40. The van der Waals surface area contributed by atoms with E-state index in [4.69, 9.17) is 4.74 Å². The van der Waals surface area contributed by atoms with Crippen molar-refractivity contribution in [2.75, 3.05) is 25.0 Å². The van der Waals surface area contributed by atoms with Gasteiger partial charge in [0.15, 0.2) is 6.61 Å². The maximum atomic E-state index is 13.0. The SMILES string of the molecule is O=C(COC(=O)c1cccc(S(=O)(=O)N2CCCCCC2)c1)Nc1cccc2ccccc12. The Bertz CT molecular complexity index is 1260. The standard InChI is InChI=1S/C25H26N2O5S/c28-24(26-23-14-8-10-19-9-3-4-13-22(19)23)18-32-25(29)20-11-7-12-21(17-20)33(30,31)27-15-5-1-2-6-16-27/h3-4,7-14,17H,1-2,5-6,15-16,18H2,(H,26,28). The van der Waals surface area contributed by atoms with E-state index in [0.717, 1.165) is 36.5 Å². The Labute approximate surface area is 193 Å². The number of ether oxygens (including phenoxy) is 1. The molecule has 1 aliphatic heterocycles. The summed E-state index contributed by atoms with van der Waals surface area (Å²) < 4.78 is 32.6. The molecule has 1 heterocycles. The van der Waals surface area contributed by atoms with Crippen LogP contribution in [-0.4, -0.2) is 44.3 Å². The van der Waals surface area contributed by atoms with Crippen LogP contribution in [0.2, 0.25) is 0 Å². The minimum atomic E-state index is -3.69. The summed E-state index contributed by atoms with van der Waals surface area (Å²) in [5, 5.41) is 4.62. The Morgan fingerprint density at radius 3 is 2.36 bits per heavy atom. The van der Waals surface area contributed by atoms with E-state index in [9.17, 15) is 18.0 Å². The van der Waals surface area contributed by atoms with Crippen LogP contribution in [0, 0.1) is 0 Å². The number of carbonyl (C=O) groups excluding carboxylic acids is 2. The first-order valence-electron chi connectivity index (χ1n) is 11.0. The number of esters is 1. The molecule has 7 nitrogen and oxygen atoms in total. The van der Waals surface area contributed by atoms with E-state index in [-0.39, 0.29) is 10.5 Å². The van der Waals surface area contributed by atoms with E-state index in [1.54, 1.807) is 6.07 Å². The molecule has 0 unspecified atom stereocenters. The summed E-state index contributed by atoms with van der Waals surface area (Å²) in [6.07, 6.45) is 3.68. The van der Waals surface area contributed by atoms with E-state index >= 15 is 0 Å². The molecule has 0 bridgehead atoms. The second-order valence-corrected chi connectivity index (χ2v) is 9.94. The number of anilines is 1. The molecule has 3 aromatic rings. The minimum absolute atomic E-state index is 0.0547. The third-order valence-corrected chi connectivity index (χ3v) is 7.57. The molecular weight excluding hydrogens is 440 g/mol. The lowest BCUT2D eigenvalue weighted by Crippen LogP contribution is -2.32. The summed E-state index contributed by atoms with van der Waals surface area (Å²) in [6.45, 7) is 0.474. The largest absolute Gasteiger partial charge is 0.452 e. The summed E-state index contributed by atoms with van der Waals surface area (Å²) in [7, 11) is -3.69. The van der Waals surface area contributed by atoms with Gasteiger partial charge in [0.05, 0.1) is 10.5 Å². The predicted octanol–water partition coefficient (Wildman–Crippen LogP) is 4.20. The number of rotatable bonds is 6. The highest BCUT2D eigenvalue weighted by molar-refractivity contribution is 7.89. The van der Waals surface area contributed by atoms with E-state index in [1.807, 2.05) is 36.4 Å². The van der Waals surface area contributed by atoms with Gasteiger partial charge in [-0.05, 0) is 42.5 Å². The van der Waals surface area contributed by atoms with Crippen LogP contribution in [0.25, 0.3) is 10.8 Å². The second kappa shape index (κ2) is 10.1. The smallest absolute Gasteiger partial charge is 0.338 e. The number of carbonyl (C=O) groups is 2.